The van der Waals surface area contributed by atoms with E-state index in [1.807, 2.05) is 6.92 Å². The van der Waals surface area contributed by atoms with Crippen LogP contribution in [0.3, 0.4) is 0 Å². The van der Waals surface area contributed by atoms with E-state index in [-0.39, 0.29) is 18.4 Å². The molecule has 13 heteroatoms. The average Bonchev–Trinajstić information content (AvgIpc) is 3.67. The summed E-state index contributed by atoms with van der Waals surface area (Å²) in [6.07, 6.45) is 8.18. The Labute approximate surface area is 299 Å². The summed E-state index contributed by atoms with van der Waals surface area (Å²) in [5.74, 6) is -2.31. The molecule has 0 bridgehead atoms. The first-order valence-electron chi connectivity index (χ1n) is 18.4. The summed E-state index contributed by atoms with van der Waals surface area (Å²) in [7, 11) is 0. The third-order valence-electron chi connectivity index (χ3n) is 8.48. The lowest BCUT2D eigenvalue weighted by molar-refractivity contribution is -0.153. The van der Waals surface area contributed by atoms with Gasteiger partial charge in [0.2, 0.25) is 17.6 Å². The second-order valence-corrected chi connectivity index (χ2v) is 16.7. The number of nitrogens with two attached hydrogens (primary N) is 1. The number of likely N-dealkylation sites (tertiary alicyclic amines) is 1. The van der Waals surface area contributed by atoms with Gasteiger partial charge in [0.05, 0.1) is 11.6 Å². The van der Waals surface area contributed by atoms with E-state index in [1.54, 1.807) is 41.5 Å². The molecule has 1 heterocycles. The lowest BCUT2D eigenvalue weighted by atomic mass is 9.67. The van der Waals surface area contributed by atoms with Gasteiger partial charge in [-0.15, -0.1) is 0 Å². The number of primary amides is 1. The lowest BCUT2D eigenvalue weighted by Gasteiger charge is -2.44. The van der Waals surface area contributed by atoms with Crippen LogP contribution in [0.1, 0.15) is 140 Å². The fraction of sp³-hybridized carbons (Fsp3) is 0.838. The molecule has 1 saturated heterocycles. The number of aliphatic hydroxyl groups is 1. The SMILES string of the molecule is CC(C)(C)O.CC(C)C.CCC1(C(NC(=O)NCC(=O)OC(C)(C)C)C(=O)N2CCC[C@H]2C(=O)NC(CC2CC2)C(=O)C(N)=O)CCCCC1. The van der Waals surface area contributed by atoms with E-state index in [4.69, 9.17) is 15.6 Å². The molecule has 50 heavy (non-hydrogen) atoms. The second-order valence-electron chi connectivity index (χ2n) is 16.7. The van der Waals surface area contributed by atoms with Crippen LogP contribution in [0.5, 0.6) is 0 Å². The predicted molar refractivity (Wildman–Crippen MR) is 193 cm³/mol. The quantitative estimate of drug-likeness (QED) is 0.147. The summed E-state index contributed by atoms with van der Waals surface area (Å²) in [4.78, 5) is 78.2. The van der Waals surface area contributed by atoms with Gasteiger partial charge in [-0.25, -0.2) is 4.79 Å². The Kier molecular flexibility index (Phi) is 17.9. The van der Waals surface area contributed by atoms with Gasteiger partial charge >= 0.3 is 12.0 Å². The summed E-state index contributed by atoms with van der Waals surface area (Å²) in [5, 5.41) is 16.6. The molecular weight excluding hydrogens is 642 g/mol. The van der Waals surface area contributed by atoms with E-state index < -0.39 is 64.3 Å². The Morgan fingerprint density at radius 3 is 1.90 bits per heavy atom. The number of nitrogens with one attached hydrogen (secondary N) is 3. The van der Waals surface area contributed by atoms with Crippen molar-refractivity contribution in [2.75, 3.05) is 13.1 Å². The van der Waals surface area contributed by atoms with Crippen LogP contribution < -0.4 is 21.7 Å². The number of hydrogen-bond acceptors (Lipinski definition) is 8. The normalized spacial score (nSPS) is 19.8. The van der Waals surface area contributed by atoms with Crippen LogP contribution in [0.4, 0.5) is 4.79 Å². The smallest absolute Gasteiger partial charge is 0.325 e. The van der Waals surface area contributed by atoms with Crippen LogP contribution in [-0.4, -0.2) is 87.9 Å². The van der Waals surface area contributed by atoms with E-state index >= 15 is 0 Å². The van der Waals surface area contributed by atoms with Gasteiger partial charge in [0.15, 0.2) is 0 Å². The molecule has 0 radical (unpaired) electrons. The highest BCUT2D eigenvalue weighted by Gasteiger charge is 2.48. The van der Waals surface area contributed by atoms with Crippen molar-refractivity contribution < 1.29 is 38.6 Å². The first-order valence-corrected chi connectivity index (χ1v) is 18.4. The zero-order valence-corrected chi connectivity index (χ0v) is 32.4. The third-order valence-corrected chi connectivity index (χ3v) is 8.48. The van der Waals surface area contributed by atoms with Crippen LogP contribution in [0, 0.1) is 17.3 Å². The number of rotatable bonds is 12. The minimum atomic E-state index is -1.10. The molecule has 0 aromatic heterocycles. The Morgan fingerprint density at radius 2 is 1.44 bits per heavy atom. The molecule has 2 saturated carbocycles. The van der Waals surface area contributed by atoms with Crippen LogP contribution >= 0.6 is 0 Å². The number of ketones is 1. The molecule has 13 nitrogen and oxygen atoms in total. The van der Waals surface area contributed by atoms with Crippen molar-refractivity contribution in [2.45, 2.75) is 169 Å². The number of carbonyl (C=O) groups excluding carboxylic acids is 6. The zero-order chi connectivity index (χ0) is 38.4. The Morgan fingerprint density at radius 1 is 0.900 bits per heavy atom. The molecule has 6 N–H and O–H groups in total. The van der Waals surface area contributed by atoms with E-state index in [1.165, 1.54) is 4.90 Å². The molecule has 3 rings (SSSR count). The second kappa shape index (κ2) is 20.0. The summed E-state index contributed by atoms with van der Waals surface area (Å²) < 4.78 is 5.26. The number of amides is 5. The monoisotopic (exact) mass is 709 g/mol. The first-order chi connectivity index (χ1) is 23.0. The van der Waals surface area contributed by atoms with Gasteiger partial charge < -0.3 is 36.4 Å². The highest BCUT2D eigenvalue weighted by atomic mass is 16.6. The van der Waals surface area contributed by atoms with Gasteiger partial charge in [-0.05, 0) is 97.3 Å². The number of esters is 1. The molecule has 0 spiro atoms. The molecule has 1 aliphatic heterocycles. The van der Waals surface area contributed by atoms with Crippen molar-refractivity contribution in [3.05, 3.63) is 0 Å². The van der Waals surface area contributed by atoms with E-state index in [0.717, 1.165) is 50.9 Å². The van der Waals surface area contributed by atoms with Gasteiger partial charge in [0.25, 0.3) is 5.91 Å². The van der Waals surface area contributed by atoms with Gasteiger partial charge in [-0.3, -0.25) is 24.0 Å². The number of urea groups is 1. The lowest BCUT2D eigenvalue weighted by Crippen LogP contribution is -2.62. The number of hydrogen-bond donors (Lipinski definition) is 5. The highest BCUT2D eigenvalue weighted by Crippen LogP contribution is 2.43. The molecule has 5 amide bonds. The van der Waals surface area contributed by atoms with Crippen LogP contribution in [0.2, 0.25) is 0 Å². The largest absolute Gasteiger partial charge is 0.459 e. The van der Waals surface area contributed by atoms with Crippen molar-refractivity contribution in [3.8, 4) is 0 Å². The minimum absolute atomic E-state index is 0.258. The Hall–Kier alpha value is -3.22. The molecule has 3 fully saturated rings. The average molecular weight is 710 g/mol. The van der Waals surface area contributed by atoms with Crippen molar-refractivity contribution >= 4 is 35.5 Å². The zero-order valence-electron chi connectivity index (χ0n) is 32.4. The van der Waals surface area contributed by atoms with Crippen molar-refractivity contribution in [3.63, 3.8) is 0 Å². The van der Waals surface area contributed by atoms with Crippen molar-refractivity contribution in [1.29, 1.82) is 0 Å². The maximum Gasteiger partial charge on any atom is 0.325 e. The predicted octanol–water partition coefficient (Wildman–Crippen LogP) is 4.13. The molecule has 2 unspecified atom stereocenters. The molecule has 0 aromatic rings. The molecule has 2 aliphatic carbocycles. The van der Waals surface area contributed by atoms with Crippen LogP contribution in [-0.2, 0) is 28.7 Å². The summed E-state index contributed by atoms with van der Waals surface area (Å²) in [5.41, 5.74) is 3.53. The fourth-order valence-electron chi connectivity index (χ4n) is 6.12. The fourth-order valence-corrected chi connectivity index (χ4v) is 6.12. The molecular formula is C37H67N5O8. The van der Waals surface area contributed by atoms with Gasteiger partial charge in [0, 0.05) is 6.54 Å². The summed E-state index contributed by atoms with van der Waals surface area (Å²) in [6, 6.07) is -3.42. The first kappa shape index (κ1) is 44.8. The van der Waals surface area contributed by atoms with Crippen LogP contribution in [0.25, 0.3) is 0 Å². The third kappa shape index (κ3) is 17.1. The standard InChI is InChI=1S/C29H47N5O7.C4H10O.C4H10/c1-5-29(13-7-6-8-14-29)23(33-27(40)31-17-21(35)41-28(2,3)4)26(39)34-15-9-10-20(34)25(38)32-19(16-18-11-12-18)22(36)24(30)37;1-4(2,3)5;1-4(2)3/h18-20,23H,5-17H2,1-4H3,(H2,30,37)(H,32,38)(H2,31,33,40);5H,1-3H3;4H,1-3H3/t19?,20-,23?;;/m0../s1. The molecule has 288 valence electrons. The van der Waals surface area contributed by atoms with Crippen LogP contribution in [0.15, 0.2) is 0 Å². The minimum Gasteiger partial charge on any atom is -0.459 e. The number of Topliss-reactive ketones (excluding diaryl/α,β-unsaturated/α-hetero) is 1. The highest BCUT2D eigenvalue weighted by molar-refractivity contribution is 6.37. The molecule has 3 aliphatic rings. The maximum absolute atomic E-state index is 14.2. The number of carbonyl (C=O) groups is 6. The topological polar surface area (TPSA) is 197 Å². The Bertz CT molecular complexity index is 1140. The van der Waals surface area contributed by atoms with E-state index in [9.17, 15) is 28.8 Å². The van der Waals surface area contributed by atoms with E-state index in [0.29, 0.717) is 32.2 Å². The summed E-state index contributed by atoms with van der Waals surface area (Å²) >= 11 is 0. The van der Waals surface area contributed by atoms with Crippen molar-refractivity contribution in [1.82, 2.24) is 20.9 Å². The Balaban J connectivity index is 0.00000123. The number of ether oxygens (including phenoxy) is 1. The molecule has 0 aromatic carbocycles. The van der Waals surface area contributed by atoms with Gasteiger partial charge in [-0.2, -0.15) is 0 Å². The number of nitrogens with zero attached hydrogens (tertiary/aromatic N) is 1. The van der Waals surface area contributed by atoms with Crippen molar-refractivity contribution in [2.24, 2.45) is 23.0 Å². The van der Waals surface area contributed by atoms with Gasteiger partial charge in [0.1, 0.15) is 24.2 Å². The summed E-state index contributed by atoms with van der Waals surface area (Å²) in [6.45, 7) is 18.9. The van der Waals surface area contributed by atoms with E-state index in [2.05, 4.69) is 36.7 Å². The van der Waals surface area contributed by atoms with Gasteiger partial charge in [-0.1, -0.05) is 59.8 Å². The molecule has 3 atom stereocenters. The maximum atomic E-state index is 14.2.